The van der Waals surface area contributed by atoms with Gasteiger partial charge in [-0.2, -0.15) is 0 Å². The number of carbonyl (C=O) groups excluding carboxylic acids is 2. The molecule has 3 aliphatic heterocycles. The Morgan fingerprint density at radius 2 is 2.05 bits per heavy atom. The lowest BCUT2D eigenvalue weighted by Gasteiger charge is -2.48. The number of nitrogens with two attached hydrogens (primary N) is 1. The van der Waals surface area contributed by atoms with Gasteiger partial charge in [-0.3, -0.25) is 14.9 Å². The Balaban J connectivity index is 1.51. The summed E-state index contributed by atoms with van der Waals surface area (Å²) in [7, 11) is 0. The van der Waals surface area contributed by atoms with Crippen LogP contribution in [0.5, 0.6) is 0 Å². The fourth-order valence-corrected chi connectivity index (χ4v) is 4.43. The van der Waals surface area contributed by atoms with Crippen LogP contribution in [0.2, 0.25) is 0 Å². The first kappa shape index (κ1) is 16.0. The summed E-state index contributed by atoms with van der Waals surface area (Å²) < 4.78 is 5.26. The topological polar surface area (TPSA) is 108 Å². The van der Waals surface area contributed by atoms with Crippen molar-refractivity contribution in [3.63, 3.8) is 0 Å². The van der Waals surface area contributed by atoms with E-state index < -0.39 is 6.04 Å². The van der Waals surface area contributed by atoms with Crippen molar-refractivity contribution in [1.82, 2.24) is 15.1 Å². The first-order valence-corrected chi connectivity index (χ1v) is 8.47. The van der Waals surface area contributed by atoms with Crippen LogP contribution in [-0.4, -0.2) is 95.4 Å². The SMILES string of the molecule is N[C@@H](CO)C(=O)N1CC2(C1)N[C@H](C(=O)N1CCOCC1)CS2. The number of carbonyl (C=O) groups is 2. The van der Waals surface area contributed by atoms with Crippen LogP contribution < -0.4 is 11.1 Å². The number of likely N-dealkylation sites (tertiary alicyclic amines) is 1. The maximum absolute atomic E-state index is 12.5. The van der Waals surface area contributed by atoms with Gasteiger partial charge in [-0.05, 0) is 0 Å². The van der Waals surface area contributed by atoms with Gasteiger partial charge in [-0.15, -0.1) is 11.8 Å². The lowest BCUT2D eigenvalue weighted by atomic mass is 10.1. The Morgan fingerprint density at radius 1 is 1.36 bits per heavy atom. The molecule has 9 heteroatoms. The molecule has 3 heterocycles. The third-order valence-corrected chi connectivity index (χ3v) is 5.73. The van der Waals surface area contributed by atoms with Gasteiger partial charge in [0.05, 0.1) is 39.0 Å². The molecule has 1 spiro atoms. The Morgan fingerprint density at radius 3 is 2.68 bits per heavy atom. The molecule has 22 heavy (non-hydrogen) atoms. The number of hydrogen-bond donors (Lipinski definition) is 3. The number of rotatable bonds is 3. The normalized spacial score (nSPS) is 28.5. The Hall–Kier alpha value is -0.870. The van der Waals surface area contributed by atoms with E-state index in [4.69, 9.17) is 15.6 Å². The minimum Gasteiger partial charge on any atom is -0.394 e. The molecular formula is C13H22N4O4S. The molecule has 3 rings (SSSR count). The summed E-state index contributed by atoms with van der Waals surface area (Å²) >= 11 is 1.69. The minimum absolute atomic E-state index is 0.115. The average molecular weight is 330 g/mol. The zero-order valence-corrected chi connectivity index (χ0v) is 13.2. The van der Waals surface area contributed by atoms with Gasteiger partial charge in [0.1, 0.15) is 10.9 Å². The second-order valence-corrected chi connectivity index (χ2v) is 7.33. The molecule has 3 saturated heterocycles. The highest BCUT2D eigenvalue weighted by Crippen LogP contribution is 2.38. The summed E-state index contributed by atoms with van der Waals surface area (Å²) in [5, 5.41) is 12.3. The number of thioether (sulfide) groups is 1. The van der Waals surface area contributed by atoms with E-state index in [0.29, 0.717) is 45.1 Å². The molecule has 0 radical (unpaired) electrons. The third kappa shape index (κ3) is 2.95. The van der Waals surface area contributed by atoms with Gasteiger partial charge < -0.3 is 25.4 Å². The van der Waals surface area contributed by atoms with E-state index in [2.05, 4.69) is 5.32 Å². The molecule has 124 valence electrons. The van der Waals surface area contributed by atoms with Crippen LogP contribution in [-0.2, 0) is 14.3 Å². The molecule has 0 aromatic heterocycles. The van der Waals surface area contributed by atoms with Crippen molar-refractivity contribution < 1.29 is 19.4 Å². The summed E-state index contributed by atoms with van der Waals surface area (Å²) in [5.41, 5.74) is 5.55. The number of morpholine rings is 1. The van der Waals surface area contributed by atoms with E-state index in [1.807, 2.05) is 4.90 Å². The van der Waals surface area contributed by atoms with Crippen LogP contribution in [0.25, 0.3) is 0 Å². The Labute approximate surface area is 133 Å². The van der Waals surface area contributed by atoms with Crippen molar-refractivity contribution in [2.24, 2.45) is 5.73 Å². The number of ether oxygens (including phenoxy) is 1. The average Bonchev–Trinajstić information content (AvgIpc) is 2.97. The van der Waals surface area contributed by atoms with Crippen molar-refractivity contribution >= 4 is 23.6 Å². The molecule has 8 nitrogen and oxygen atoms in total. The molecular weight excluding hydrogens is 308 g/mol. The molecule has 0 aromatic carbocycles. The van der Waals surface area contributed by atoms with Crippen LogP contribution >= 0.6 is 11.8 Å². The van der Waals surface area contributed by atoms with Gasteiger partial charge in [0.15, 0.2) is 0 Å². The quantitative estimate of drug-likeness (QED) is 0.521. The van der Waals surface area contributed by atoms with Crippen LogP contribution in [0, 0.1) is 0 Å². The lowest BCUT2D eigenvalue weighted by molar-refractivity contribution is -0.140. The van der Waals surface area contributed by atoms with Crippen molar-refractivity contribution in [2.75, 3.05) is 51.8 Å². The molecule has 0 aromatic rings. The predicted octanol–water partition coefficient (Wildman–Crippen LogP) is -2.59. The largest absolute Gasteiger partial charge is 0.394 e. The van der Waals surface area contributed by atoms with Gasteiger partial charge in [-0.1, -0.05) is 0 Å². The molecule has 0 aliphatic carbocycles. The zero-order chi connectivity index (χ0) is 15.7. The summed E-state index contributed by atoms with van der Waals surface area (Å²) in [6.07, 6.45) is 0. The van der Waals surface area contributed by atoms with Gasteiger partial charge >= 0.3 is 0 Å². The Kier molecular flexibility index (Phi) is 4.60. The van der Waals surface area contributed by atoms with Crippen LogP contribution in [0.1, 0.15) is 0 Å². The van der Waals surface area contributed by atoms with Gasteiger partial charge in [0.25, 0.3) is 0 Å². The zero-order valence-electron chi connectivity index (χ0n) is 12.4. The van der Waals surface area contributed by atoms with Crippen LogP contribution in [0.15, 0.2) is 0 Å². The van der Waals surface area contributed by atoms with E-state index >= 15 is 0 Å². The summed E-state index contributed by atoms with van der Waals surface area (Å²) in [5.74, 6) is 0.590. The maximum Gasteiger partial charge on any atom is 0.242 e. The Bertz CT molecular complexity index is 451. The molecule has 2 amide bonds. The van der Waals surface area contributed by atoms with E-state index in [9.17, 15) is 9.59 Å². The molecule has 0 unspecified atom stereocenters. The summed E-state index contributed by atoms with van der Waals surface area (Å²) in [4.78, 5) is 27.6. The monoisotopic (exact) mass is 330 g/mol. The molecule has 3 fully saturated rings. The third-order valence-electron chi connectivity index (χ3n) is 4.30. The summed E-state index contributed by atoms with van der Waals surface area (Å²) in [6, 6.07) is -1.05. The molecule has 0 bridgehead atoms. The molecule has 4 N–H and O–H groups in total. The molecule has 2 atom stereocenters. The van der Waals surface area contributed by atoms with Crippen LogP contribution in [0.3, 0.4) is 0 Å². The second kappa shape index (κ2) is 6.32. The number of nitrogens with zero attached hydrogens (tertiary/aromatic N) is 2. The van der Waals surface area contributed by atoms with Crippen molar-refractivity contribution in [3.8, 4) is 0 Å². The second-order valence-electron chi connectivity index (χ2n) is 5.92. The van der Waals surface area contributed by atoms with Crippen molar-refractivity contribution in [3.05, 3.63) is 0 Å². The first-order valence-electron chi connectivity index (χ1n) is 7.48. The van der Waals surface area contributed by atoms with E-state index in [1.54, 1.807) is 16.7 Å². The fraction of sp³-hybridized carbons (Fsp3) is 0.846. The standard InChI is InChI=1S/C13H22N4O4S/c14-9(5-18)11(19)17-7-13(8-17)15-10(6-22-13)12(20)16-1-3-21-4-2-16/h9-10,15,18H,1-8,14H2/t9-,10-/m0/s1. The lowest BCUT2D eigenvalue weighted by Crippen LogP contribution is -2.70. The minimum atomic E-state index is -0.852. The smallest absolute Gasteiger partial charge is 0.242 e. The fourth-order valence-electron chi connectivity index (χ4n) is 3.00. The number of amides is 2. The number of hydrogen-bond acceptors (Lipinski definition) is 7. The van der Waals surface area contributed by atoms with E-state index in [0.717, 1.165) is 0 Å². The number of aliphatic hydroxyl groups is 1. The molecule has 0 saturated carbocycles. The van der Waals surface area contributed by atoms with Crippen LogP contribution in [0.4, 0.5) is 0 Å². The van der Waals surface area contributed by atoms with Gasteiger partial charge in [0, 0.05) is 18.8 Å². The number of aliphatic hydroxyl groups excluding tert-OH is 1. The highest BCUT2D eigenvalue weighted by Gasteiger charge is 2.52. The first-order chi connectivity index (χ1) is 10.5. The van der Waals surface area contributed by atoms with Crippen molar-refractivity contribution in [1.29, 1.82) is 0 Å². The predicted molar refractivity (Wildman–Crippen MR) is 81.2 cm³/mol. The van der Waals surface area contributed by atoms with Gasteiger partial charge in [-0.25, -0.2) is 0 Å². The van der Waals surface area contributed by atoms with E-state index in [-0.39, 0.29) is 29.3 Å². The molecule has 3 aliphatic rings. The maximum atomic E-state index is 12.5. The number of nitrogens with one attached hydrogen (secondary N) is 1. The highest BCUT2D eigenvalue weighted by atomic mass is 32.2. The highest BCUT2D eigenvalue weighted by molar-refractivity contribution is 8.01. The van der Waals surface area contributed by atoms with Crippen molar-refractivity contribution in [2.45, 2.75) is 17.0 Å². The van der Waals surface area contributed by atoms with Gasteiger partial charge in [0.2, 0.25) is 11.8 Å². The van der Waals surface area contributed by atoms with E-state index in [1.165, 1.54) is 0 Å². The summed E-state index contributed by atoms with van der Waals surface area (Å²) in [6.45, 7) is 3.18.